The van der Waals surface area contributed by atoms with E-state index in [0.29, 0.717) is 28.9 Å². The van der Waals surface area contributed by atoms with Crippen LogP contribution in [0.15, 0.2) is 24.5 Å². The largest absolute Gasteiger partial charge is 0.481 e. The summed E-state index contributed by atoms with van der Waals surface area (Å²) in [6.07, 6.45) is 3.05. The highest BCUT2D eigenvalue weighted by atomic mass is 16.5. The Labute approximate surface area is 135 Å². The van der Waals surface area contributed by atoms with Crippen LogP contribution in [-0.2, 0) is 0 Å². The number of hydrogen-bond donors (Lipinski definition) is 1. The highest BCUT2D eigenvalue weighted by Gasteiger charge is 2.14. The van der Waals surface area contributed by atoms with Gasteiger partial charge in [0, 0.05) is 40.5 Å². The predicted molar refractivity (Wildman–Crippen MR) is 89.4 cm³/mol. The monoisotopic (exact) mass is 316 g/mol. The van der Waals surface area contributed by atoms with Crippen LogP contribution in [0.2, 0.25) is 0 Å². The Morgan fingerprint density at radius 2 is 1.83 bits per heavy atom. The second kappa shape index (κ2) is 6.91. The molecule has 0 aliphatic carbocycles. The Balaban J connectivity index is 2.25. The molecule has 0 radical (unpaired) electrons. The molecule has 8 heteroatoms. The van der Waals surface area contributed by atoms with Crippen molar-refractivity contribution in [3.05, 3.63) is 30.1 Å². The molecule has 0 fully saturated rings. The van der Waals surface area contributed by atoms with Gasteiger partial charge in [0.25, 0.3) is 5.91 Å². The number of nitrogens with one attached hydrogen (secondary N) is 1. The van der Waals surface area contributed by atoms with Crippen molar-refractivity contribution in [2.75, 3.05) is 50.4 Å². The second-order valence-corrected chi connectivity index (χ2v) is 5.24. The summed E-state index contributed by atoms with van der Waals surface area (Å²) in [6.45, 7) is 0. The van der Waals surface area contributed by atoms with Gasteiger partial charge < -0.3 is 19.9 Å². The van der Waals surface area contributed by atoms with Crippen molar-refractivity contribution in [2.24, 2.45) is 0 Å². The van der Waals surface area contributed by atoms with E-state index in [1.807, 2.05) is 33.1 Å². The molecule has 0 saturated heterocycles. The fourth-order valence-electron chi connectivity index (χ4n) is 1.84. The summed E-state index contributed by atoms with van der Waals surface area (Å²) in [4.78, 5) is 28.6. The summed E-state index contributed by atoms with van der Waals surface area (Å²) in [5.74, 6) is 1.36. The van der Waals surface area contributed by atoms with Crippen LogP contribution < -0.4 is 19.9 Å². The van der Waals surface area contributed by atoms with E-state index in [4.69, 9.17) is 4.74 Å². The molecule has 0 aromatic carbocycles. The predicted octanol–water partition coefficient (Wildman–Crippen LogP) is 1.26. The minimum Gasteiger partial charge on any atom is -0.481 e. The van der Waals surface area contributed by atoms with E-state index < -0.39 is 0 Å². The Hall–Kier alpha value is -2.90. The number of ether oxygens (including phenoxy) is 1. The van der Waals surface area contributed by atoms with Gasteiger partial charge >= 0.3 is 0 Å². The lowest BCUT2D eigenvalue weighted by Gasteiger charge is -2.19. The molecule has 0 aliphatic heterocycles. The number of amides is 1. The fourth-order valence-corrected chi connectivity index (χ4v) is 1.84. The number of methoxy groups -OCH3 is 1. The van der Waals surface area contributed by atoms with Gasteiger partial charge in [-0.05, 0) is 6.07 Å². The Kier molecular flexibility index (Phi) is 4.95. The molecule has 1 amide bonds. The quantitative estimate of drug-likeness (QED) is 0.889. The zero-order valence-electron chi connectivity index (χ0n) is 13.9. The number of pyridine rings is 1. The summed E-state index contributed by atoms with van der Waals surface area (Å²) in [5, 5.41) is 2.81. The van der Waals surface area contributed by atoms with Crippen LogP contribution in [0, 0.1) is 0 Å². The van der Waals surface area contributed by atoms with Gasteiger partial charge in [-0.1, -0.05) is 0 Å². The first kappa shape index (κ1) is 16.5. The van der Waals surface area contributed by atoms with Gasteiger partial charge in [0.05, 0.1) is 18.9 Å². The fraction of sp³-hybridized carbons (Fsp3) is 0.333. The molecule has 8 nitrogen and oxygen atoms in total. The van der Waals surface area contributed by atoms with Crippen LogP contribution in [0.25, 0.3) is 0 Å². The SMILES string of the molecule is COc1ccc(C(=O)Nc2cnc(N(C)C)nc2N(C)C)cn1. The van der Waals surface area contributed by atoms with Gasteiger partial charge in [-0.15, -0.1) is 0 Å². The minimum atomic E-state index is -0.288. The smallest absolute Gasteiger partial charge is 0.257 e. The van der Waals surface area contributed by atoms with E-state index >= 15 is 0 Å². The van der Waals surface area contributed by atoms with Crippen LogP contribution in [0.3, 0.4) is 0 Å². The lowest BCUT2D eigenvalue weighted by molar-refractivity contribution is 0.102. The molecule has 1 N–H and O–H groups in total. The van der Waals surface area contributed by atoms with Crippen LogP contribution in [0.4, 0.5) is 17.5 Å². The van der Waals surface area contributed by atoms with Crippen LogP contribution in [0.5, 0.6) is 5.88 Å². The van der Waals surface area contributed by atoms with Gasteiger partial charge in [0.15, 0.2) is 5.82 Å². The van der Waals surface area contributed by atoms with E-state index in [0.717, 1.165) is 0 Å². The van der Waals surface area contributed by atoms with Crippen LogP contribution in [-0.4, -0.2) is 56.2 Å². The first-order valence-corrected chi connectivity index (χ1v) is 6.95. The highest BCUT2D eigenvalue weighted by Crippen LogP contribution is 2.23. The van der Waals surface area contributed by atoms with Crippen LogP contribution in [0.1, 0.15) is 10.4 Å². The Morgan fingerprint density at radius 1 is 1.09 bits per heavy atom. The molecule has 2 aromatic heterocycles. The summed E-state index contributed by atoms with van der Waals surface area (Å²) in [6, 6.07) is 3.28. The highest BCUT2D eigenvalue weighted by molar-refractivity contribution is 6.05. The molecule has 122 valence electrons. The number of carbonyl (C=O) groups is 1. The first-order chi connectivity index (χ1) is 10.9. The zero-order chi connectivity index (χ0) is 17.0. The normalized spacial score (nSPS) is 10.1. The van der Waals surface area contributed by atoms with Crippen molar-refractivity contribution in [3.8, 4) is 5.88 Å². The summed E-state index contributed by atoms with van der Waals surface area (Å²) < 4.78 is 4.98. The van der Waals surface area contributed by atoms with E-state index in [1.54, 1.807) is 23.2 Å². The Morgan fingerprint density at radius 3 is 2.35 bits per heavy atom. The maximum atomic E-state index is 12.3. The topological polar surface area (TPSA) is 83.5 Å². The molecule has 2 heterocycles. The lowest BCUT2D eigenvalue weighted by atomic mass is 10.2. The van der Waals surface area contributed by atoms with Crippen molar-refractivity contribution in [3.63, 3.8) is 0 Å². The number of rotatable bonds is 5. The number of hydrogen-bond acceptors (Lipinski definition) is 7. The third-order valence-corrected chi connectivity index (χ3v) is 3.04. The Bertz CT molecular complexity index is 685. The van der Waals surface area contributed by atoms with Gasteiger partial charge in [-0.2, -0.15) is 4.98 Å². The van der Waals surface area contributed by atoms with Gasteiger partial charge in [0.1, 0.15) is 5.69 Å². The summed E-state index contributed by atoms with van der Waals surface area (Å²) in [7, 11) is 8.94. The molecule has 0 saturated carbocycles. The van der Waals surface area contributed by atoms with E-state index in [1.165, 1.54) is 13.3 Å². The zero-order valence-corrected chi connectivity index (χ0v) is 13.9. The van der Waals surface area contributed by atoms with Crippen molar-refractivity contribution < 1.29 is 9.53 Å². The molecular formula is C15H20N6O2. The van der Waals surface area contributed by atoms with E-state index in [9.17, 15) is 4.79 Å². The third kappa shape index (κ3) is 3.85. The van der Waals surface area contributed by atoms with Crippen LogP contribution >= 0.6 is 0 Å². The van der Waals surface area contributed by atoms with Gasteiger partial charge in [-0.25, -0.2) is 9.97 Å². The third-order valence-electron chi connectivity index (χ3n) is 3.04. The van der Waals surface area contributed by atoms with E-state index in [2.05, 4.69) is 20.3 Å². The number of nitrogens with zero attached hydrogens (tertiary/aromatic N) is 5. The summed E-state index contributed by atoms with van der Waals surface area (Å²) in [5.41, 5.74) is 0.952. The molecule has 0 aliphatic rings. The van der Waals surface area contributed by atoms with Crippen molar-refractivity contribution in [2.45, 2.75) is 0 Å². The number of carbonyl (C=O) groups excluding carboxylic acids is 1. The number of aromatic nitrogens is 3. The van der Waals surface area contributed by atoms with Crippen molar-refractivity contribution in [1.29, 1.82) is 0 Å². The molecule has 0 atom stereocenters. The average Bonchev–Trinajstić information content (AvgIpc) is 2.54. The van der Waals surface area contributed by atoms with E-state index in [-0.39, 0.29) is 5.91 Å². The minimum absolute atomic E-state index is 0.288. The summed E-state index contributed by atoms with van der Waals surface area (Å²) >= 11 is 0. The standard InChI is InChI=1S/C15H20N6O2/c1-20(2)13-11(9-17-15(19-13)21(3)4)18-14(22)10-6-7-12(23-5)16-8-10/h6-9H,1-5H3,(H,18,22). The van der Waals surface area contributed by atoms with Gasteiger partial charge in [-0.3, -0.25) is 4.79 Å². The molecular weight excluding hydrogens is 296 g/mol. The molecule has 2 aromatic rings. The molecule has 0 spiro atoms. The maximum absolute atomic E-state index is 12.3. The van der Waals surface area contributed by atoms with Crippen molar-refractivity contribution >= 4 is 23.4 Å². The molecule has 23 heavy (non-hydrogen) atoms. The molecule has 2 rings (SSSR count). The maximum Gasteiger partial charge on any atom is 0.257 e. The van der Waals surface area contributed by atoms with Crippen molar-refractivity contribution in [1.82, 2.24) is 15.0 Å². The second-order valence-electron chi connectivity index (χ2n) is 5.24. The first-order valence-electron chi connectivity index (χ1n) is 6.95. The lowest BCUT2D eigenvalue weighted by Crippen LogP contribution is -2.21. The molecule has 0 bridgehead atoms. The number of anilines is 3. The molecule has 0 unspecified atom stereocenters. The van der Waals surface area contributed by atoms with Gasteiger partial charge in [0.2, 0.25) is 11.8 Å². The average molecular weight is 316 g/mol.